The van der Waals surface area contributed by atoms with Crippen LogP contribution < -0.4 is 9.80 Å². The highest BCUT2D eigenvalue weighted by atomic mass is 15.1. The van der Waals surface area contributed by atoms with E-state index in [1.165, 1.54) is 97.4 Å². The lowest BCUT2D eigenvalue weighted by atomic mass is 9.49. The molecule has 0 N–H and O–H groups in total. The van der Waals surface area contributed by atoms with Crippen LogP contribution in [0.4, 0.5) is 34.1 Å². The van der Waals surface area contributed by atoms with Crippen LogP contribution in [-0.4, -0.2) is 0 Å². The molecular formula is C58H50N2. The summed E-state index contributed by atoms with van der Waals surface area (Å²) in [7, 11) is 0. The molecule has 3 aliphatic carbocycles. The Balaban J connectivity index is 1.07. The van der Waals surface area contributed by atoms with Crippen molar-refractivity contribution in [2.75, 3.05) is 9.80 Å². The third kappa shape index (κ3) is 5.19. The number of hydrogen-bond acceptors (Lipinski definition) is 2. The molecule has 2 nitrogen and oxygen atoms in total. The van der Waals surface area contributed by atoms with E-state index in [0.717, 1.165) is 23.2 Å². The van der Waals surface area contributed by atoms with Crippen LogP contribution >= 0.6 is 0 Å². The molecule has 2 bridgehead atoms. The van der Waals surface area contributed by atoms with Crippen molar-refractivity contribution >= 4 is 66.4 Å². The predicted molar refractivity (Wildman–Crippen MR) is 254 cm³/mol. The number of hydrogen-bond donors (Lipinski definition) is 0. The molecule has 2 heteroatoms. The van der Waals surface area contributed by atoms with Crippen molar-refractivity contribution in [3.63, 3.8) is 0 Å². The number of rotatable bonds is 6. The quantitative estimate of drug-likeness (QED) is 0.155. The Labute approximate surface area is 354 Å². The minimum absolute atomic E-state index is 0.0718. The lowest BCUT2D eigenvalue weighted by molar-refractivity contribution is 0.0426. The first-order valence-electron chi connectivity index (χ1n) is 22.2. The second kappa shape index (κ2) is 13.6. The number of nitrogens with zero attached hydrogens (tertiary/aromatic N) is 2. The SMILES string of the molecule is Cc1ccc(N(c2ccc3c(c2)-c2ccccc2C32C(C)CC3CC(C)CC2C3)c2ccc3ccc4c(N(c5ccccc5)c5ccccc5)ccc5ccc2c3c54)cc1. The third-order valence-electron chi connectivity index (χ3n) is 14.9. The number of aryl methyl sites for hydroxylation is 1. The minimum Gasteiger partial charge on any atom is -0.310 e. The molecule has 5 atom stereocenters. The fraction of sp³-hybridized carbons (Fsp3) is 0.207. The normalized spacial score (nSPS) is 21.7. The van der Waals surface area contributed by atoms with Gasteiger partial charge in [0.25, 0.3) is 0 Å². The molecule has 3 aliphatic rings. The van der Waals surface area contributed by atoms with Gasteiger partial charge in [-0.1, -0.05) is 135 Å². The van der Waals surface area contributed by atoms with E-state index < -0.39 is 0 Å². The van der Waals surface area contributed by atoms with Gasteiger partial charge in [0, 0.05) is 38.9 Å². The van der Waals surface area contributed by atoms with E-state index in [2.05, 4.69) is 206 Å². The largest absolute Gasteiger partial charge is 0.310 e. The lowest BCUT2D eigenvalue weighted by Gasteiger charge is -2.54. The highest BCUT2D eigenvalue weighted by Crippen LogP contribution is 2.65. The first-order chi connectivity index (χ1) is 29.5. The van der Waals surface area contributed by atoms with E-state index in [1.54, 1.807) is 11.1 Å². The third-order valence-corrected chi connectivity index (χ3v) is 14.9. The van der Waals surface area contributed by atoms with Crippen LogP contribution in [0.1, 0.15) is 56.2 Å². The van der Waals surface area contributed by atoms with E-state index in [9.17, 15) is 0 Å². The second-order valence-electron chi connectivity index (χ2n) is 18.4. The molecule has 292 valence electrons. The van der Waals surface area contributed by atoms with Crippen LogP contribution in [0.3, 0.4) is 0 Å². The fourth-order valence-corrected chi connectivity index (χ4v) is 12.7. The van der Waals surface area contributed by atoms with Gasteiger partial charge in [-0.3, -0.25) is 0 Å². The number of para-hydroxylation sites is 2. The van der Waals surface area contributed by atoms with Crippen molar-refractivity contribution in [1.29, 1.82) is 0 Å². The van der Waals surface area contributed by atoms with E-state index in [0.29, 0.717) is 11.8 Å². The molecule has 0 aliphatic heterocycles. The van der Waals surface area contributed by atoms with E-state index in [4.69, 9.17) is 0 Å². The maximum atomic E-state index is 2.57. The summed E-state index contributed by atoms with van der Waals surface area (Å²) in [4.78, 5) is 4.94. The Kier molecular flexibility index (Phi) is 8.05. The minimum atomic E-state index is 0.0718. The van der Waals surface area contributed by atoms with Crippen LogP contribution in [0.5, 0.6) is 0 Å². The summed E-state index contributed by atoms with van der Waals surface area (Å²) in [6.45, 7) is 7.26. The van der Waals surface area contributed by atoms with Crippen molar-refractivity contribution in [2.45, 2.75) is 51.9 Å². The molecule has 12 rings (SSSR count). The molecule has 0 amide bonds. The van der Waals surface area contributed by atoms with Gasteiger partial charge >= 0.3 is 0 Å². The Bertz CT molecular complexity index is 3020. The molecule has 5 unspecified atom stereocenters. The zero-order chi connectivity index (χ0) is 40.1. The summed E-state index contributed by atoms with van der Waals surface area (Å²) in [6, 6.07) is 66.4. The molecule has 1 spiro atoms. The molecule has 2 saturated carbocycles. The van der Waals surface area contributed by atoms with Crippen LogP contribution in [-0.2, 0) is 5.41 Å². The highest BCUT2D eigenvalue weighted by molar-refractivity contribution is 6.28. The Morgan fingerprint density at radius 3 is 1.63 bits per heavy atom. The first kappa shape index (κ1) is 35.6. The average Bonchev–Trinajstić information content (AvgIpc) is 3.57. The number of benzene rings is 9. The van der Waals surface area contributed by atoms with Gasteiger partial charge in [-0.25, -0.2) is 0 Å². The number of fused-ring (bicyclic) bond motifs is 8. The van der Waals surface area contributed by atoms with Crippen molar-refractivity contribution < 1.29 is 0 Å². The lowest BCUT2D eigenvalue weighted by Crippen LogP contribution is -2.49. The number of anilines is 6. The summed E-state index contributed by atoms with van der Waals surface area (Å²) in [6.07, 6.45) is 5.41. The van der Waals surface area contributed by atoms with Crippen LogP contribution in [0, 0.1) is 30.6 Å². The molecule has 0 radical (unpaired) electrons. The van der Waals surface area contributed by atoms with Gasteiger partial charge in [0.1, 0.15) is 0 Å². The second-order valence-corrected chi connectivity index (χ2v) is 18.4. The fourth-order valence-electron chi connectivity index (χ4n) is 12.7. The highest BCUT2D eigenvalue weighted by Gasteiger charge is 2.56. The Morgan fingerprint density at radius 1 is 0.450 bits per heavy atom. The van der Waals surface area contributed by atoms with Gasteiger partial charge in [0.05, 0.1) is 11.4 Å². The zero-order valence-electron chi connectivity index (χ0n) is 34.8. The van der Waals surface area contributed by atoms with Crippen LogP contribution in [0.25, 0.3) is 43.4 Å². The van der Waals surface area contributed by atoms with Gasteiger partial charge < -0.3 is 9.80 Å². The predicted octanol–water partition coefficient (Wildman–Crippen LogP) is 16.2. The standard InChI is InChI=1S/C58H50N2/c1-37-18-24-46(25-19-37)60(47-26-29-53-51(36-47)48-16-10-11-17-52(48)58(53)39(3)34-40-32-38(2)33-43(58)35-40)55-31-23-42-20-27-49-54(30-22-41-21-28-50(55)57(42)56(41)49)59(44-12-6-4-7-13-44)45-14-8-5-9-15-45/h4-31,36,38-40,43H,32-35H2,1-3H3. The van der Waals surface area contributed by atoms with Crippen molar-refractivity contribution in [3.8, 4) is 11.1 Å². The molecular weight excluding hydrogens is 725 g/mol. The van der Waals surface area contributed by atoms with Crippen molar-refractivity contribution in [3.05, 3.63) is 193 Å². The van der Waals surface area contributed by atoms with Gasteiger partial charge in [-0.05, 0) is 161 Å². The van der Waals surface area contributed by atoms with E-state index >= 15 is 0 Å². The maximum Gasteiger partial charge on any atom is 0.0540 e. The van der Waals surface area contributed by atoms with Crippen molar-refractivity contribution in [1.82, 2.24) is 0 Å². The van der Waals surface area contributed by atoms with Gasteiger partial charge in [-0.2, -0.15) is 0 Å². The molecule has 0 heterocycles. The van der Waals surface area contributed by atoms with Crippen LogP contribution in [0.15, 0.2) is 176 Å². The first-order valence-corrected chi connectivity index (χ1v) is 22.2. The van der Waals surface area contributed by atoms with Gasteiger partial charge in [-0.15, -0.1) is 0 Å². The monoisotopic (exact) mass is 774 g/mol. The maximum absolute atomic E-state index is 2.57. The summed E-state index contributed by atoms with van der Waals surface area (Å²) < 4.78 is 0. The van der Waals surface area contributed by atoms with E-state index in [-0.39, 0.29) is 5.41 Å². The summed E-state index contributed by atoms with van der Waals surface area (Å²) >= 11 is 0. The van der Waals surface area contributed by atoms with Gasteiger partial charge in [0.2, 0.25) is 0 Å². The van der Waals surface area contributed by atoms with Crippen LogP contribution in [0.2, 0.25) is 0 Å². The molecule has 9 aromatic rings. The summed E-state index contributed by atoms with van der Waals surface area (Å²) in [5, 5.41) is 7.64. The summed E-state index contributed by atoms with van der Waals surface area (Å²) in [5.74, 6) is 2.93. The van der Waals surface area contributed by atoms with Crippen molar-refractivity contribution in [2.24, 2.45) is 23.7 Å². The molecule has 0 saturated heterocycles. The molecule has 60 heavy (non-hydrogen) atoms. The van der Waals surface area contributed by atoms with Gasteiger partial charge in [0.15, 0.2) is 0 Å². The molecule has 9 aromatic carbocycles. The molecule has 0 aromatic heterocycles. The van der Waals surface area contributed by atoms with E-state index in [1.807, 2.05) is 0 Å². The average molecular weight is 775 g/mol. The summed E-state index contributed by atoms with van der Waals surface area (Å²) in [5.41, 5.74) is 14.4. The smallest absolute Gasteiger partial charge is 0.0540 e. The topological polar surface area (TPSA) is 6.48 Å². The zero-order valence-corrected chi connectivity index (χ0v) is 34.8. The Hall–Kier alpha value is -6.38. The Morgan fingerprint density at radius 2 is 0.983 bits per heavy atom. The molecule has 2 fully saturated rings.